The molecule has 0 aliphatic heterocycles. The van der Waals surface area contributed by atoms with Gasteiger partial charge in [-0.25, -0.2) is 4.79 Å². The highest BCUT2D eigenvalue weighted by atomic mass is 16.5. The molecule has 1 N–H and O–H groups in total. The number of hydrogen-bond acceptors (Lipinski definition) is 6. The summed E-state index contributed by atoms with van der Waals surface area (Å²) in [6.45, 7) is 8.06. The zero-order valence-electron chi connectivity index (χ0n) is 14.6. The Morgan fingerprint density at radius 2 is 1.75 bits per heavy atom. The minimum atomic E-state index is -1.02. The fourth-order valence-corrected chi connectivity index (χ4v) is 2.30. The molecule has 7 nitrogen and oxygen atoms in total. The minimum absolute atomic E-state index is 0.0657. The van der Waals surface area contributed by atoms with Gasteiger partial charge in [-0.1, -0.05) is 0 Å². The molecule has 1 atom stereocenters. The van der Waals surface area contributed by atoms with Gasteiger partial charge in [-0.3, -0.25) is 9.59 Å². The van der Waals surface area contributed by atoms with E-state index < -0.39 is 23.8 Å². The molecule has 0 aromatic carbocycles. The fraction of sp³-hybridized carbons (Fsp3) is 0.529. The van der Waals surface area contributed by atoms with Crippen LogP contribution in [0.3, 0.4) is 0 Å². The lowest BCUT2D eigenvalue weighted by Gasteiger charge is -2.12. The van der Waals surface area contributed by atoms with E-state index in [1.54, 1.807) is 20.8 Å². The number of rotatable bonds is 8. The number of aromatic nitrogens is 1. The lowest BCUT2D eigenvalue weighted by Crippen LogP contribution is -2.25. The van der Waals surface area contributed by atoms with Gasteiger partial charge in [0, 0.05) is 12.1 Å². The average molecular weight is 337 g/mol. The topological polar surface area (TPSA) is 103 Å². The molecule has 0 unspecified atom stereocenters. The lowest BCUT2D eigenvalue weighted by molar-refractivity contribution is -0.147. The summed E-state index contributed by atoms with van der Waals surface area (Å²) in [5.74, 6) is -1.69. The van der Waals surface area contributed by atoms with E-state index in [0.717, 1.165) is 0 Å². The number of nitrogens with one attached hydrogen (secondary N) is 1. The van der Waals surface area contributed by atoms with Crippen molar-refractivity contribution in [3.8, 4) is 0 Å². The molecule has 0 radical (unpaired) electrons. The largest absolute Gasteiger partial charge is 0.462 e. The van der Waals surface area contributed by atoms with Crippen molar-refractivity contribution in [2.24, 2.45) is 0 Å². The number of carbonyl (C=O) groups is 4. The van der Waals surface area contributed by atoms with Crippen molar-refractivity contribution in [3.63, 3.8) is 0 Å². The lowest BCUT2D eigenvalue weighted by atomic mass is 10.1. The van der Waals surface area contributed by atoms with Gasteiger partial charge >= 0.3 is 11.9 Å². The van der Waals surface area contributed by atoms with Gasteiger partial charge < -0.3 is 19.3 Å². The van der Waals surface area contributed by atoms with Crippen molar-refractivity contribution in [2.45, 2.75) is 53.6 Å². The van der Waals surface area contributed by atoms with E-state index in [-0.39, 0.29) is 30.9 Å². The quantitative estimate of drug-likeness (QED) is 0.577. The summed E-state index contributed by atoms with van der Waals surface area (Å²) >= 11 is 0. The highest BCUT2D eigenvalue weighted by molar-refractivity contribution is 6.04. The van der Waals surface area contributed by atoms with Crippen LogP contribution in [0, 0.1) is 13.8 Å². The van der Waals surface area contributed by atoms with E-state index in [9.17, 15) is 19.2 Å². The molecule has 7 heteroatoms. The van der Waals surface area contributed by atoms with Gasteiger partial charge in [0.1, 0.15) is 5.78 Å². The number of ether oxygens (including phenoxy) is 2. The van der Waals surface area contributed by atoms with Crippen molar-refractivity contribution in [1.29, 1.82) is 0 Å². The smallest absolute Gasteiger partial charge is 0.340 e. The molecule has 24 heavy (non-hydrogen) atoms. The maximum Gasteiger partial charge on any atom is 0.340 e. The molecule has 0 bridgehead atoms. The summed E-state index contributed by atoms with van der Waals surface area (Å²) in [5.41, 5.74) is 1.50. The third-order valence-corrected chi connectivity index (χ3v) is 3.52. The number of carbonyl (C=O) groups excluding carboxylic acids is 4. The normalized spacial score (nSPS) is 11.7. The predicted octanol–water partition coefficient (Wildman–Crippen LogP) is 2.29. The summed E-state index contributed by atoms with van der Waals surface area (Å²) in [4.78, 5) is 49.8. The van der Waals surface area contributed by atoms with Gasteiger partial charge in [-0.05, 0) is 40.2 Å². The van der Waals surface area contributed by atoms with Crippen LogP contribution in [0.1, 0.15) is 65.7 Å². The van der Waals surface area contributed by atoms with Gasteiger partial charge in [0.05, 0.1) is 24.3 Å². The molecule has 0 saturated heterocycles. The summed E-state index contributed by atoms with van der Waals surface area (Å²) in [5, 5.41) is 0. The van der Waals surface area contributed by atoms with Crippen molar-refractivity contribution >= 4 is 23.5 Å². The van der Waals surface area contributed by atoms with Crippen molar-refractivity contribution in [1.82, 2.24) is 4.98 Å². The fourth-order valence-electron chi connectivity index (χ4n) is 2.30. The van der Waals surface area contributed by atoms with Gasteiger partial charge in [0.2, 0.25) is 5.78 Å². The second-order valence-corrected chi connectivity index (χ2v) is 5.54. The highest BCUT2D eigenvalue weighted by Crippen LogP contribution is 2.21. The first-order valence-corrected chi connectivity index (χ1v) is 7.78. The Kier molecular flexibility index (Phi) is 6.88. The van der Waals surface area contributed by atoms with E-state index in [0.29, 0.717) is 16.8 Å². The Labute approximate surface area is 140 Å². The summed E-state index contributed by atoms with van der Waals surface area (Å²) < 4.78 is 10.0. The van der Waals surface area contributed by atoms with E-state index in [4.69, 9.17) is 9.47 Å². The van der Waals surface area contributed by atoms with Crippen LogP contribution in [0.25, 0.3) is 0 Å². The number of Topliss-reactive ketones (excluding diaryl/α,β-unsaturated/α-hetero) is 2. The monoisotopic (exact) mass is 337 g/mol. The van der Waals surface area contributed by atoms with Crippen LogP contribution in [0.15, 0.2) is 0 Å². The number of esters is 2. The first-order valence-electron chi connectivity index (χ1n) is 7.78. The standard InChI is InChI=1S/C17H23NO6/c1-6-23-17(22)14-10(3)15(18-11(14)4)16(21)12(5)24-13(20)8-7-9(2)19/h12,18H,6-8H2,1-5H3/t12-/m1/s1. The van der Waals surface area contributed by atoms with E-state index in [2.05, 4.69) is 4.98 Å². The van der Waals surface area contributed by atoms with Crippen LogP contribution in [-0.2, 0) is 19.1 Å². The van der Waals surface area contributed by atoms with Crippen LogP contribution in [0.5, 0.6) is 0 Å². The maximum atomic E-state index is 12.5. The van der Waals surface area contributed by atoms with E-state index >= 15 is 0 Å². The van der Waals surface area contributed by atoms with Crippen LogP contribution in [0.4, 0.5) is 0 Å². The summed E-state index contributed by atoms with van der Waals surface area (Å²) in [6, 6.07) is 0. The Bertz CT molecular complexity index is 658. The van der Waals surface area contributed by atoms with Crippen LogP contribution in [0.2, 0.25) is 0 Å². The Hall–Kier alpha value is -2.44. The van der Waals surface area contributed by atoms with E-state index in [1.165, 1.54) is 13.8 Å². The zero-order valence-corrected chi connectivity index (χ0v) is 14.6. The molecule has 1 aromatic rings. The number of H-pyrrole nitrogens is 1. The van der Waals surface area contributed by atoms with Crippen LogP contribution < -0.4 is 0 Å². The molecule has 1 heterocycles. The molecule has 0 spiro atoms. The molecule has 1 aromatic heterocycles. The second kappa shape index (κ2) is 8.42. The molecule has 1 rings (SSSR count). The molecular weight excluding hydrogens is 314 g/mol. The highest BCUT2D eigenvalue weighted by Gasteiger charge is 2.27. The van der Waals surface area contributed by atoms with E-state index in [1.807, 2.05) is 0 Å². The Morgan fingerprint density at radius 1 is 1.12 bits per heavy atom. The number of aryl methyl sites for hydroxylation is 1. The molecule has 0 saturated carbocycles. The van der Waals surface area contributed by atoms with Gasteiger partial charge in [-0.2, -0.15) is 0 Å². The maximum absolute atomic E-state index is 12.5. The average Bonchev–Trinajstić information content (AvgIpc) is 2.79. The first kappa shape index (κ1) is 19.6. The molecule has 0 amide bonds. The number of hydrogen-bond donors (Lipinski definition) is 1. The van der Waals surface area contributed by atoms with Gasteiger partial charge in [0.15, 0.2) is 6.10 Å². The predicted molar refractivity (Wildman–Crippen MR) is 86.0 cm³/mol. The second-order valence-electron chi connectivity index (χ2n) is 5.54. The van der Waals surface area contributed by atoms with Crippen LogP contribution in [-0.4, -0.2) is 41.2 Å². The molecule has 0 aliphatic carbocycles. The zero-order chi connectivity index (χ0) is 18.4. The number of ketones is 2. The molecule has 132 valence electrons. The van der Waals surface area contributed by atoms with Crippen LogP contribution >= 0.6 is 0 Å². The van der Waals surface area contributed by atoms with Crippen molar-refractivity contribution in [3.05, 3.63) is 22.5 Å². The molecule has 0 fully saturated rings. The Balaban J connectivity index is 2.88. The third kappa shape index (κ3) is 4.78. The Morgan fingerprint density at radius 3 is 2.29 bits per heavy atom. The SMILES string of the molecule is CCOC(=O)c1c(C)[nH]c(C(=O)[C@@H](C)OC(=O)CCC(C)=O)c1C. The van der Waals surface area contributed by atoms with Crippen molar-refractivity contribution in [2.75, 3.05) is 6.61 Å². The molecule has 0 aliphatic rings. The minimum Gasteiger partial charge on any atom is -0.462 e. The summed E-state index contributed by atoms with van der Waals surface area (Å²) in [7, 11) is 0. The summed E-state index contributed by atoms with van der Waals surface area (Å²) in [6.07, 6.45) is -1.01. The van der Waals surface area contributed by atoms with Gasteiger partial charge in [-0.15, -0.1) is 0 Å². The van der Waals surface area contributed by atoms with Gasteiger partial charge in [0.25, 0.3) is 0 Å². The molecular formula is C17H23NO6. The number of aromatic amines is 1. The van der Waals surface area contributed by atoms with Crippen molar-refractivity contribution < 1.29 is 28.7 Å². The first-order chi connectivity index (χ1) is 11.2. The third-order valence-electron chi connectivity index (χ3n) is 3.52.